The first kappa shape index (κ1) is 12.2. The summed E-state index contributed by atoms with van der Waals surface area (Å²) in [6.45, 7) is 2.20. The van der Waals surface area contributed by atoms with Crippen LogP contribution in [0.4, 0.5) is 5.69 Å². The van der Waals surface area contributed by atoms with Crippen LogP contribution in [0.5, 0.6) is 0 Å². The van der Waals surface area contributed by atoms with Gasteiger partial charge in [0.15, 0.2) is 5.84 Å². The lowest BCUT2D eigenvalue weighted by Crippen LogP contribution is -2.29. The summed E-state index contributed by atoms with van der Waals surface area (Å²) < 4.78 is 0.989. The van der Waals surface area contributed by atoms with Crippen LogP contribution in [-0.4, -0.2) is 24.1 Å². The van der Waals surface area contributed by atoms with E-state index in [4.69, 9.17) is 10.9 Å². The molecule has 17 heavy (non-hydrogen) atoms. The Morgan fingerprint density at radius 1 is 1.29 bits per heavy atom. The van der Waals surface area contributed by atoms with Crippen molar-refractivity contribution in [2.24, 2.45) is 10.9 Å². The van der Waals surface area contributed by atoms with E-state index in [1.807, 2.05) is 18.2 Å². The molecule has 1 aliphatic rings. The molecule has 1 aromatic rings. The minimum atomic E-state index is 0.135. The van der Waals surface area contributed by atoms with Gasteiger partial charge in [-0.2, -0.15) is 0 Å². The molecule has 1 aromatic carbocycles. The van der Waals surface area contributed by atoms with Gasteiger partial charge in [-0.3, -0.25) is 0 Å². The molecular formula is C12H16BrN3O. The van der Waals surface area contributed by atoms with Crippen molar-refractivity contribution >= 4 is 27.5 Å². The van der Waals surface area contributed by atoms with E-state index in [1.165, 1.54) is 24.9 Å². The molecule has 1 fully saturated rings. The summed E-state index contributed by atoms with van der Waals surface area (Å²) >= 11 is 3.55. The lowest BCUT2D eigenvalue weighted by atomic mass is 10.1. The van der Waals surface area contributed by atoms with Crippen molar-refractivity contribution in [3.05, 3.63) is 28.2 Å². The van der Waals surface area contributed by atoms with Crippen LogP contribution in [0.1, 0.15) is 24.8 Å². The van der Waals surface area contributed by atoms with Crippen LogP contribution in [0.15, 0.2) is 27.8 Å². The maximum atomic E-state index is 8.63. The van der Waals surface area contributed by atoms with Gasteiger partial charge < -0.3 is 15.8 Å². The average molecular weight is 298 g/mol. The lowest BCUT2D eigenvalue weighted by Gasteiger charge is -2.29. The molecule has 3 N–H and O–H groups in total. The summed E-state index contributed by atoms with van der Waals surface area (Å²) in [5.41, 5.74) is 7.46. The monoisotopic (exact) mass is 297 g/mol. The van der Waals surface area contributed by atoms with Gasteiger partial charge in [-0.1, -0.05) is 5.16 Å². The molecule has 0 atom stereocenters. The topological polar surface area (TPSA) is 61.9 Å². The van der Waals surface area contributed by atoms with Crippen molar-refractivity contribution in [2.45, 2.75) is 19.3 Å². The standard InChI is InChI=1S/C12H16BrN3O/c13-10-8-9(12(14)15-17)4-5-11(10)16-6-2-1-3-7-16/h4-5,8,17H,1-3,6-7H2,(H2,14,15). The average Bonchev–Trinajstić information content (AvgIpc) is 2.38. The Kier molecular flexibility index (Phi) is 3.89. The van der Waals surface area contributed by atoms with E-state index in [1.54, 1.807) is 0 Å². The van der Waals surface area contributed by atoms with Gasteiger partial charge in [0.05, 0.1) is 5.69 Å². The van der Waals surface area contributed by atoms with E-state index in [9.17, 15) is 0 Å². The third kappa shape index (κ3) is 2.72. The first-order chi connectivity index (χ1) is 8.22. The summed E-state index contributed by atoms with van der Waals surface area (Å²) in [6.07, 6.45) is 3.80. The Balaban J connectivity index is 2.24. The number of rotatable bonds is 2. The van der Waals surface area contributed by atoms with Crippen LogP contribution < -0.4 is 10.6 Å². The van der Waals surface area contributed by atoms with Crippen molar-refractivity contribution in [1.29, 1.82) is 0 Å². The molecule has 1 aliphatic heterocycles. The Hall–Kier alpha value is -1.23. The second-order valence-corrected chi connectivity index (χ2v) is 5.05. The molecule has 1 saturated heterocycles. The number of halogens is 1. The van der Waals surface area contributed by atoms with E-state index in [-0.39, 0.29) is 5.84 Å². The van der Waals surface area contributed by atoms with Crippen molar-refractivity contribution in [3.8, 4) is 0 Å². The normalized spacial score (nSPS) is 17.2. The van der Waals surface area contributed by atoms with E-state index < -0.39 is 0 Å². The molecule has 2 rings (SSSR count). The van der Waals surface area contributed by atoms with E-state index in [0.717, 1.165) is 23.1 Å². The molecule has 1 heterocycles. The predicted molar refractivity (Wildman–Crippen MR) is 72.7 cm³/mol. The van der Waals surface area contributed by atoms with E-state index in [0.29, 0.717) is 0 Å². The molecule has 0 bridgehead atoms. The number of benzene rings is 1. The SMILES string of the molecule is N/C(=N/O)c1ccc(N2CCCCC2)c(Br)c1. The number of amidine groups is 1. The molecule has 4 nitrogen and oxygen atoms in total. The smallest absolute Gasteiger partial charge is 0.170 e. The third-order valence-electron chi connectivity index (χ3n) is 3.05. The summed E-state index contributed by atoms with van der Waals surface area (Å²) in [5.74, 6) is 0.135. The quantitative estimate of drug-likeness (QED) is 0.382. The second-order valence-electron chi connectivity index (χ2n) is 4.20. The highest BCUT2D eigenvalue weighted by molar-refractivity contribution is 9.10. The van der Waals surface area contributed by atoms with Crippen molar-refractivity contribution in [1.82, 2.24) is 0 Å². The lowest BCUT2D eigenvalue weighted by molar-refractivity contribution is 0.318. The highest BCUT2D eigenvalue weighted by Crippen LogP contribution is 2.29. The van der Waals surface area contributed by atoms with Gasteiger partial charge >= 0.3 is 0 Å². The third-order valence-corrected chi connectivity index (χ3v) is 3.68. The fourth-order valence-corrected chi connectivity index (χ4v) is 2.74. The molecule has 0 amide bonds. The van der Waals surface area contributed by atoms with Gasteiger partial charge in [-0.25, -0.2) is 0 Å². The Morgan fingerprint density at radius 3 is 2.59 bits per heavy atom. The van der Waals surface area contributed by atoms with Gasteiger partial charge in [0, 0.05) is 23.1 Å². The minimum absolute atomic E-state index is 0.135. The Labute approximate surface area is 109 Å². The van der Waals surface area contributed by atoms with E-state index in [2.05, 4.69) is 26.0 Å². The number of nitrogens with two attached hydrogens (primary N) is 1. The summed E-state index contributed by atoms with van der Waals surface area (Å²) in [6, 6.07) is 5.78. The maximum absolute atomic E-state index is 8.63. The predicted octanol–water partition coefficient (Wildman–Crippen LogP) is 2.53. The number of hydrogen-bond acceptors (Lipinski definition) is 3. The number of hydrogen-bond donors (Lipinski definition) is 2. The second kappa shape index (κ2) is 5.40. The highest BCUT2D eigenvalue weighted by atomic mass is 79.9. The van der Waals surface area contributed by atoms with Gasteiger partial charge in [-0.05, 0) is 53.4 Å². The number of piperidine rings is 1. The van der Waals surface area contributed by atoms with Crippen LogP contribution in [-0.2, 0) is 0 Å². The van der Waals surface area contributed by atoms with Crippen molar-refractivity contribution in [2.75, 3.05) is 18.0 Å². The fourth-order valence-electron chi connectivity index (χ4n) is 2.12. The van der Waals surface area contributed by atoms with Crippen LogP contribution in [0.3, 0.4) is 0 Å². The fraction of sp³-hybridized carbons (Fsp3) is 0.417. The molecule has 92 valence electrons. The highest BCUT2D eigenvalue weighted by Gasteiger charge is 2.14. The number of anilines is 1. The number of nitrogens with zero attached hydrogens (tertiary/aromatic N) is 2. The molecule has 0 unspecified atom stereocenters. The van der Waals surface area contributed by atoms with Gasteiger partial charge in [0.25, 0.3) is 0 Å². The molecule has 0 aromatic heterocycles. The molecular weight excluding hydrogens is 282 g/mol. The summed E-state index contributed by atoms with van der Waals surface area (Å²) in [7, 11) is 0. The van der Waals surface area contributed by atoms with E-state index >= 15 is 0 Å². The number of oxime groups is 1. The van der Waals surface area contributed by atoms with Crippen LogP contribution in [0, 0.1) is 0 Å². The van der Waals surface area contributed by atoms with Gasteiger partial charge in [-0.15, -0.1) is 0 Å². The summed E-state index contributed by atoms with van der Waals surface area (Å²) in [5, 5.41) is 11.6. The molecule has 0 radical (unpaired) electrons. The van der Waals surface area contributed by atoms with Gasteiger partial charge in [0.1, 0.15) is 0 Å². The zero-order valence-corrected chi connectivity index (χ0v) is 11.2. The molecule has 0 aliphatic carbocycles. The maximum Gasteiger partial charge on any atom is 0.170 e. The zero-order valence-electron chi connectivity index (χ0n) is 9.56. The van der Waals surface area contributed by atoms with Crippen molar-refractivity contribution in [3.63, 3.8) is 0 Å². The van der Waals surface area contributed by atoms with Gasteiger partial charge in [0.2, 0.25) is 0 Å². The van der Waals surface area contributed by atoms with Crippen LogP contribution in [0.25, 0.3) is 0 Å². The van der Waals surface area contributed by atoms with Crippen molar-refractivity contribution < 1.29 is 5.21 Å². The molecule has 0 saturated carbocycles. The molecule has 5 heteroatoms. The molecule has 0 spiro atoms. The van der Waals surface area contributed by atoms with Crippen LogP contribution in [0.2, 0.25) is 0 Å². The Bertz CT molecular complexity index is 428. The Morgan fingerprint density at radius 2 is 2.00 bits per heavy atom. The first-order valence-electron chi connectivity index (χ1n) is 5.75. The first-order valence-corrected chi connectivity index (χ1v) is 6.54. The minimum Gasteiger partial charge on any atom is -0.409 e. The summed E-state index contributed by atoms with van der Waals surface area (Å²) in [4.78, 5) is 2.36. The van der Waals surface area contributed by atoms with Crippen LogP contribution >= 0.6 is 15.9 Å². The zero-order chi connectivity index (χ0) is 12.3. The largest absolute Gasteiger partial charge is 0.409 e.